The third kappa shape index (κ3) is 4.24. The van der Waals surface area contributed by atoms with Crippen LogP contribution in [0, 0.1) is 0 Å². The number of carbonyl (C=O) groups is 1. The minimum Gasteiger partial charge on any atom is -0.465 e. The molecule has 1 fully saturated rings. The van der Waals surface area contributed by atoms with Crippen LogP contribution in [-0.4, -0.2) is 33.4 Å². The van der Waals surface area contributed by atoms with E-state index in [0.717, 1.165) is 22.6 Å². The van der Waals surface area contributed by atoms with Crippen LogP contribution in [0.2, 0.25) is 0 Å². The van der Waals surface area contributed by atoms with Crippen LogP contribution in [0.3, 0.4) is 0 Å². The molecular weight excluding hydrogens is 352 g/mol. The number of fused-ring (bicyclic) bond motifs is 1. The van der Waals surface area contributed by atoms with Gasteiger partial charge in [0.2, 0.25) is 0 Å². The first-order chi connectivity index (χ1) is 12.3. The summed E-state index contributed by atoms with van der Waals surface area (Å²) < 4.78 is 33.5. The molecule has 0 spiro atoms. The highest BCUT2D eigenvalue weighted by molar-refractivity contribution is 7.86. The van der Waals surface area contributed by atoms with Crippen LogP contribution in [-0.2, 0) is 29.2 Å². The average molecular weight is 376 g/mol. The summed E-state index contributed by atoms with van der Waals surface area (Å²) in [6.45, 7) is 1.71. The van der Waals surface area contributed by atoms with Gasteiger partial charge in [-0.2, -0.15) is 8.42 Å². The zero-order valence-electron chi connectivity index (χ0n) is 15.1. The van der Waals surface area contributed by atoms with Gasteiger partial charge in [-0.05, 0) is 42.0 Å². The number of hydrogen-bond acceptors (Lipinski definition) is 5. The van der Waals surface area contributed by atoms with E-state index in [1.165, 1.54) is 6.92 Å². The fourth-order valence-electron chi connectivity index (χ4n) is 3.91. The van der Waals surface area contributed by atoms with Gasteiger partial charge in [-0.3, -0.25) is 8.98 Å². The summed E-state index contributed by atoms with van der Waals surface area (Å²) in [6.07, 6.45) is 3.39. The van der Waals surface area contributed by atoms with E-state index >= 15 is 0 Å². The van der Waals surface area contributed by atoms with Crippen molar-refractivity contribution in [2.45, 2.75) is 44.1 Å². The number of esters is 1. The zero-order chi connectivity index (χ0) is 18.8. The molecule has 1 saturated carbocycles. The highest BCUT2D eigenvalue weighted by Crippen LogP contribution is 2.43. The van der Waals surface area contributed by atoms with E-state index in [4.69, 9.17) is 8.92 Å². The minimum atomic E-state index is -3.47. The normalized spacial score (nSPS) is 23.7. The highest BCUT2D eigenvalue weighted by Gasteiger charge is 2.40. The predicted octanol–water partition coefficient (Wildman–Crippen LogP) is 3.56. The molecule has 0 unspecified atom stereocenters. The molecule has 0 saturated heterocycles. The molecule has 0 N–H and O–H groups in total. The molecule has 0 radical (unpaired) electrons. The van der Waals surface area contributed by atoms with Crippen LogP contribution in [0.1, 0.15) is 38.2 Å². The molecule has 2 aromatic rings. The molecule has 2 aromatic carbocycles. The van der Waals surface area contributed by atoms with Crippen molar-refractivity contribution in [3.05, 3.63) is 48.0 Å². The topological polar surface area (TPSA) is 69.7 Å². The van der Waals surface area contributed by atoms with Gasteiger partial charge in [0.15, 0.2) is 0 Å². The Morgan fingerprint density at radius 3 is 2.42 bits per heavy atom. The molecule has 26 heavy (non-hydrogen) atoms. The molecule has 140 valence electrons. The predicted molar refractivity (Wildman–Crippen MR) is 100 cm³/mol. The highest BCUT2D eigenvalue weighted by atomic mass is 32.2. The summed E-state index contributed by atoms with van der Waals surface area (Å²) in [5.41, 5.74) is 0.818. The second kappa shape index (κ2) is 7.37. The Bertz CT molecular complexity index is 890. The molecule has 0 aliphatic heterocycles. The Labute approximate surface area is 154 Å². The second-order valence-electron chi connectivity index (χ2n) is 7.09. The molecule has 0 heterocycles. The third-order valence-electron chi connectivity index (χ3n) is 5.11. The van der Waals surface area contributed by atoms with Crippen molar-refractivity contribution in [2.75, 3.05) is 12.9 Å². The van der Waals surface area contributed by atoms with Crippen molar-refractivity contribution in [1.82, 2.24) is 0 Å². The van der Waals surface area contributed by atoms with Crippen molar-refractivity contribution in [1.29, 1.82) is 0 Å². The van der Waals surface area contributed by atoms with E-state index in [1.54, 1.807) is 0 Å². The number of carbonyl (C=O) groups excluding carboxylic acids is 1. The SMILES string of the molecule is CC(=O)OCC1(c2cccc3ccccc23)CCC(OS(C)(=O)=O)CC1. The molecule has 0 bridgehead atoms. The Kier molecular flexibility index (Phi) is 5.34. The maximum atomic E-state index is 11.4. The van der Waals surface area contributed by atoms with E-state index in [2.05, 4.69) is 24.3 Å². The quantitative estimate of drug-likeness (QED) is 0.589. The van der Waals surface area contributed by atoms with Crippen LogP contribution in [0.25, 0.3) is 10.8 Å². The van der Waals surface area contributed by atoms with Gasteiger partial charge < -0.3 is 4.74 Å². The first-order valence-corrected chi connectivity index (χ1v) is 10.6. The van der Waals surface area contributed by atoms with Gasteiger partial charge in [-0.1, -0.05) is 42.5 Å². The van der Waals surface area contributed by atoms with Gasteiger partial charge in [-0.15, -0.1) is 0 Å². The lowest BCUT2D eigenvalue weighted by atomic mass is 9.68. The molecule has 6 heteroatoms. The molecule has 0 amide bonds. The molecule has 1 aliphatic rings. The molecular formula is C20H24O5S. The van der Waals surface area contributed by atoms with Gasteiger partial charge in [-0.25, -0.2) is 0 Å². The maximum absolute atomic E-state index is 11.4. The fourth-order valence-corrected chi connectivity index (χ4v) is 4.59. The van der Waals surface area contributed by atoms with Crippen molar-refractivity contribution in [3.8, 4) is 0 Å². The summed E-state index contributed by atoms with van der Waals surface area (Å²) >= 11 is 0. The van der Waals surface area contributed by atoms with E-state index in [-0.39, 0.29) is 17.5 Å². The van der Waals surface area contributed by atoms with Gasteiger partial charge in [0.25, 0.3) is 10.1 Å². The van der Waals surface area contributed by atoms with Crippen LogP contribution < -0.4 is 0 Å². The van der Waals surface area contributed by atoms with E-state index in [9.17, 15) is 13.2 Å². The number of benzene rings is 2. The smallest absolute Gasteiger partial charge is 0.302 e. The van der Waals surface area contributed by atoms with Crippen molar-refractivity contribution >= 4 is 26.9 Å². The van der Waals surface area contributed by atoms with Gasteiger partial charge in [0.1, 0.15) is 6.61 Å². The largest absolute Gasteiger partial charge is 0.465 e. The zero-order valence-corrected chi connectivity index (χ0v) is 15.9. The Hall–Kier alpha value is -1.92. The van der Waals surface area contributed by atoms with Crippen molar-refractivity contribution in [3.63, 3.8) is 0 Å². The fraction of sp³-hybridized carbons (Fsp3) is 0.450. The van der Waals surface area contributed by atoms with Crippen LogP contribution >= 0.6 is 0 Å². The van der Waals surface area contributed by atoms with Gasteiger partial charge >= 0.3 is 5.97 Å². The molecule has 3 rings (SSSR count). The maximum Gasteiger partial charge on any atom is 0.302 e. The standard InChI is InChI=1S/C20H24O5S/c1-15(21)24-14-20(12-10-17(11-13-20)25-26(2,22)23)19-9-5-7-16-6-3-4-8-18(16)19/h3-9,17H,10-14H2,1-2H3. The van der Waals surface area contributed by atoms with Crippen LogP contribution in [0.5, 0.6) is 0 Å². The Balaban J connectivity index is 1.94. The van der Waals surface area contributed by atoms with Crippen molar-refractivity contribution < 1.29 is 22.1 Å². The Morgan fingerprint density at radius 2 is 1.77 bits per heavy atom. The van der Waals surface area contributed by atoms with Gasteiger partial charge in [0, 0.05) is 12.3 Å². The summed E-state index contributed by atoms with van der Waals surface area (Å²) in [4.78, 5) is 11.4. The van der Waals surface area contributed by atoms with Gasteiger partial charge in [0.05, 0.1) is 12.4 Å². The van der Waals surface area contributed by atoms with E-state index in [1.807, 2.05) is 18.2 Å². The lowest BCUT2D eigenvalue weighted by Gasteiger charge is -2.40. The summed E-state index contributed by atoms with van der Waals surface area (Å²) in [7, 11) is -3.47. The summed E-state index contributed by atoms with van der Waals surface area (Å²) in [6, 6.07) is 14.3. The van der Waals surface area contributed by atoms with E-state index < -0.39 is 10.1 Å². The average Bonchev–Trinajstić information content (AvgIpc) is 2.60. The van der Waals surface area contributed by atoms with Crippen LogP contribution in [0.15, 0.2) is 42.5 Å². The number of rotatable bonds is 5. The lowest BCUT2D eigenvalue weighted by Crippen LogP contribution is -2.39. The Morgan fingerprint density at radius 1 is 1.12 bits per heavy atom. The molecule has 0 atom stereocenters. The monoisotopic (exact) mass is 376 g/mol. The summed E-state index contributed by atoms with van der Waals surface area (Å²) in [5.74, 6) is -0.306. The number of ether oxygens (including phenoxy) is 1. The lowest BCUT2D eigenvalue weighted by molar-refractivity contribution is -0.143. The molecule has 5 nitrogen and oxygen atoms in total. The minimum absolute atomic E-state index is 0.294. The first-order valence-electron chi connectivity index (χ1n) is 8.79. The van der Waals surface area contributed by atoms with Crippen LogP contribution in [0.4, 0.5) is 0 Å². The molecule has 1 aliphatic carbocycles. The number of hydrogen-bond donors (Lipinski definition) is 0. The third-order valence-corrected chi connectivity index (χ3v) is 5.74. The second-order valence-corrected chi connectivity index (χ2v) is 8.69. The first kappa shape index (κ1) is 18.9. The summed E-state index contributed by atoms with van der Waals surface area (Å²) in [5, 5.41) is 2.28. The van der Waals surface area contributed by atoms with Crippen molar-refractivity contribution in [2.24, 2.45) is 0 Å². The van der Waals surface area contributed by atoms with E-state index in [0.29, 0.717) is 32.3 Å². The molecule has 0 aromatic heterocycles.